The van der Waals surface area contributed by atoms with Crippen LogP contribution in [0.15, 0.2) is 72.9 Å². The Morgan fingerprint density at radius 3 is 2.25 bits per heavy atom. The molecule has 162 valence electrons. The summed E-state index contributed by atoms with van der Waals surface area (Å²) in [5.74, 6) is 0.273. The summed E-state index contributed by atoms with van der Waals surface area (Å²) in [7, 11) is 0. The van der Waals surface area contributed by atoms with Gasteiger partial charge in [-0.3, -0.25) is 14.5 Å². The molecular weight excluding hydrogens is 398 g/mol. The second-order valence-electron chi connectivity index (χ2n) is 9.19. The van der Waals surface area contributed by atoms with Crippen LogP contribution in [0.5, 0.6) is 0 Å². The Bertz CT molecular complexity index is 1160. The van der Waals surface area contributed by atoms with Gasteiger partial charge in [0.2, 0.25) is 11.8 Å². The molecule has 0 saturated heterocycles. The van der Waals surface area contributed by atoms with Gasteiger partial charge in [0, 0.05) is 18.2 Å². The minimum Gasteiger partial charge on any atom is -0.330 e. The number of hydrogen-bond donors (Lipinski definition) is 0. The summed E-state index contributed by atoms with van der Waals surface area (Å²) in [5, 5.41) is 0. The van der Waals surface area contributed by atoms with E-state index in [-0.39, 0.29) is 36.4 Å². The van der Waals surface area contributed by atoms with Crippen molar-refractivity contribution in [1.82, 2.24) is 9.47 Å². The molecule has 5 nitrogen and oxygen atoms in total. The average molecular weight is 426 g/mol. The van der Waals surface area contributed by atoms with Crippen molar-refractivity contribution in [3.8, 4) is 5.69 Å². The molecule has 5 heteroatoms. The molecule has 0 radical (unpaired) electrons. The molecule has 3 aromatic rings. The van der Waals surface area contributed by atoms with E-state index in [1.54, 1.807) is 0 Å². The molecule has 2 fully saturated rings. The number of para-hydroxylation sites is 2. The molecule has 1 aromatic heterocycles. The van der Waals surface area contributed by atoms with Crippen molar-refractivity contribution in [2.45, 2.75) is 44.2 Å². The number of benzene rings is 2. The van der Waals surface area contributed by atoms with Crippen molar-refractivity contribution >= 4 is 17.5 Å². The lowest BCUT2D eigenvalue weighted by atomic mass is 9.84. The van der Waals surface area contributed by atoms with Crippen LogP contribution in [0.2, 0.25) is 0 Å². The molecule has 0 bridgehead atoms. The maximum Gasteiger partial charge on any atom is 0.247 e. The minimum atomic E-state index is -0.228. The normalized spacial score (nSPS) is 19.6. The fourth-order valence-corrected chi connectivity index (χ4v) is 5.10. The van der Waals surface area contributed by atoms with Crippen LogP contribution in [-0.2, 0) is 9.59 Å². The molecular formula is C27H27N3O2. The van der Waals surface area contributed by atoms with Gasteiger partial charge in [0.15, 0.2) is 0 Å². The first-order valence-corrected chi connectivity index (χ1v) is 11.7. The Balaban J connectivity index is 1.41. The summed E-state index contributed by atoms with van der Waals surface area (Å²) in [5.41, 5.74) is 4.02. The van der Waals surface area contributed by atoms with Gasteiger partial charge in [0.05, 0.1) is 17.1 Å². The maximum absolute atomic E-state index is 14.0. The Morgan fingerprint density at radius 1 is 0.844 bits per heavy atom. The third kappa shape index (κ3) is 3.15. The van der Waals surface area contributed by atoms with E-state index in [9.17, 15) is 9.59 Å². The highest BCUT2D eigenvalue weighted by atomic mass is 16.2. The van der Waals surface area contributed by atoms with Crippen LogP contribution in [0.3, 0.4) is 0 Å². The minimum absolute atomic E-state index is 0.0154. The molecule has 2 aromatic carbocycles. The molecule has 32 heavy (non-hydrogen) atoms. The number of amides is 2. The first-order valence-electron chi connectivity index (χ1n) is 11.7. The molecule has 1 aliphatic heterocycles. The predicted molar refractivity (Wildman–Crippen MR) is 124 cm³/mol. The summed E-state index contributed by atoms with van der Waals surface area (Å²) in [6, 6.07) is 22.4. The number of anilines is 1. The second kappa shape index (κ2) is 7.66. The smallest absolute Gasteiger partial charge is 0.247 e. The maximum atomic E-state index is 14.0. The summed E-state index contributed by atoms with van der Waals surface area (Å²) in [4.78, 5) is 30.9. The Kier molecular flexibility index (Phi) is 4.63. The summed E-state index contributed by atoms with van der Waals surface area (Å²) in [6.45, 7) is 0.151. The van der Waals surface area contributed by atoms with Crippen molar-refractivity contribution in [3.05, 3.63) is 84.2 Å². The fourth-order valence-electron chi connectivity index (χ4n) is 5.10. The van der Waals surface area contributed by atoms with Crippen LogP contribution in [0.25, 0.3) is 5.69 Å². The van der Waals surface area contributed by atoms with Gasteiger partial charge in [0.25, 0.3) is 0 Å². The van der Waals surface area contributed by atoms with Gasteiger partial charge in [-0.15, -0.1) is 0 Å². The van der Waals surface area contributed by atoms with Crippen LogP contribution in [-0.4, -0.2) is 33.9 Å². The first kappa shape index (κ1) is 19.4. The van der Waals surface area contributed by atoms with Gasteiger partial charge in [-0.05, 0) is 55.5 Å². The van der Waals surface area contributed by atoms with E-state index in [1.807, 2.05) is 52.3 Å². The molecule has 0 spiro atoms. The predicted octanol–water partition coefficient (Wildman–Crippen LogP) is 4.70. The molecule has 1 unspecified atom stereocenters. The Labute approximate surface area is 188 Å². The van der Waals surface area contributed by atoms with E-state index in [2.05, 4.69) is 35.0 Å². The molecule has 2 heterocycles. The zero-order valence-corrected chi connectivity index (χ0v) is 18.1. The van der Waals surface area contributed by atoms with E-state index in [4.69, 9.17) is 0 Å². The fraction of sp³-hybridized carbons (Fsp3) is 0.333. The van der Waals surface area contributed by atoms with Crippen LogP contribution in [0.1, 0.15) is 49.4 Å². The highest BCUT2D eigenvalue weighted by Gasteiger charge is 2.42. The lowest BCUT2D eigenvalue weighted by Gasteiger charge is -2.40. The molecule has 2 amide bonds. The van der Waals surface area contributed by atoms with Gasteiger partial charge in [-0.1, -0.05) is 48.9 Å². The SMILES string of the molecule is O=C(C1CCC1)N(CC(=O)N1c2ccccc2-n2cccc2C1c1ccccc1)C1CC1. The molecule has 6 rings (SSSR count). The summed E-state index contributed by atoms with van der Waals surface area (Å²) in [6.07, 6.45) is 7.12. The van der Waals surface area contributed by atoms with Crippen molar-refractivity contribution in [2.75, 3.05) is 11.4 Å². The van der Waals surface area contributed by atoms with Gasteiger partial charge in [0.1, 0.15) is 12.6 Å². The number of hydrogen-bond acceptors (Lipinski definition) is 2. The van der Waals surface area contributed by atoms with Gasteiger partial charge >= 0.3 is 0 Å². The number of carbonyl (C=O) groups is 2. The van der Waals surface area contributed by atoms with Crippen molar-refractivity contribution < 1.29 is 9.59 Å². The number of nitrogens with zero attached hydrogens (tertiary/aromatic N) is 3. The molecule has 0 N–H and O–H groups in total. The largest absolute Gasteiger partial charge is 0.330 e. The molecule has 3 aliphatic rings. The van der Waals surface area contributed by atoms with E-state index >= 15 is 0 Å². The Morgan fingerprint density at radius 2 is 1.56 bits per heavy atom. The third-order valence-electron chi connectivity index (χ3n) is 7.13. The van der Waals surface area contributed by atoms with Gasteiger partial charge < -0.3 is 9.47 Å². The van der Waals surface area contributed by atoms with Crippen LogP contribution in [0, 0.1) is 5.92 Å². The van der Waals surface area contributed by atoms with Crippen molar-refractivity contribution in [2.24, 2.45) is 5.92 Å². The number of aromatic nitrogens is 1. The highest BCUT2D eigenvalue weighted by molar-refractivity contribution is 6.00. The molecule has 2 aliphatic carbocycles. The monoisotopic (exact) mass is 425 g/mol. The number of rotatable bonds is 5. The van der Waals surface area contributed by atoms with Crippen LogP contribution in [0.4, 0.5) is 5.69 Å². The number of fused-ring (bicyclic) bond motifs is 3. The Hall–Kier alpha value is -3.34. The van der Waals surface area contributed by atoms with E-state index in [0.29, 0.717) is 0 Å². The summed E-state index contributed by atoms with van der Waals surface area (Å²) < 4.78 is 2.18. The summed E-state index contributed by atoms with van der Waals surface area (Å²) >= 11 is 0. The lowest BCUT2D eigenvalue weighted by molar-refractivity contribution is -0.141. The van der Waals surface area contributed by atoms with E-state index in [1.165, 1.54) is 0 Å². The zero-order chi connectivity index (χ0) is 21.7. The standard InChI is InChI=1S/C27H27N3O2/c31-25(18-29(21-15-16-21)27(32)20-10-6-11-20)30-23-13-5-4-12-22(23)28-17-7-14-24(28)26(30)19-8-2-1-3-9-19/h1-5,7-9,12-14,17,20-21,26H,6,10-11,15-16,18H2. The van der Waals surface area contributed by atoms with Crippen LogP contribution < -0.4 is 4.90 Å². The van der Waals surface area contributed by atoms with Crippen LogP contribution >= 0.6 is 0 Å². The van der Waals surface area contributed by atoms with Gasteiger partial charge in [-0.2, -0.15) is 0 Å². The van der Waals surface area contributed by atoms with E-state index in [0.717, 1.165) is 54.7 Å². The quantitative estimate of drug-likeness (QED) is 0.595. The number of carbonyl (C=O) groups excluding carboxylic acids is 2. The topological polar surface area (TPSA) is 45.6 Å². The lowest BCUT2D eigenvalue weighted by Crippen LogP contribution is -2.49. The van der Waals surface area contributed by atoms with Gasteiger partial charge in [-0.25, -0.2) is 0 Å². The average Bonchev–Trinajstić information content (AvgIpc) is 3.51. The first-order chi connectivity index (χ1) is 15.7. The molecule has 1 atom stereocenters. The third-order valence-corrected chi connectivity index (χ3v) is 7.13. The highest BCUT2D eigenvalue weighted by Crippen LogP contribution is 2.42. The second-order valence-corrected chi connectivity index (χ2v) is 9.19. The molecule has 2 saturated carbocycles. The van der Waals surface area contributed by atoms with E-state index < -0.39 is 0 Å². The van der Waals surface area contributed by atoms with Crippen molar-refractivity contribution in [3.63, 3.8) is 0 Å². The van der Waals surface area contributed by atoms with Crippen molar-refractivity contribution in [1.29, 1.82) is 0 Å². The zero-order valence-electron chi connectivity index (χ0n) is 18.1.